The Bertz CT molecular complexity index is 248. The molecular formula is C21H44OP+. The second-order valence-electron chi connectivity index (χ2n) is 7.21. The average molecular weight is 344 g/mol. The quantitative estimate of drug-likeness (QED) is 0.180. The zero-order chi connectivity index (χ0) is 17.2. The molecule has 0 saturated heterocycles. The second kappa shape index (κ2) is 18.4. The van der Waals surface area contributed by atoms with Crippen molar-refractivity contribution in [2.75, 3.05) is 6.16 Å². The molecule has 0 fully saturated rings. The Morgan fingerprint density at radius 3 is 1.26 bits per heavy atom. The van der Waals surface area contributed by atoms with Gasteiger partial charge in [-0.1, -0.05) is 102 Å². The van der Waals surface area contributed by atoms with Gasteiger partial charge in [-0.2, -0.15) is 0 Å². The SMILES string of the molecule is CCCCCCCCCCCCCCCC[P+](=O)C(CC)CC. The molecule has 0 heterocycles. The third-order valence-corrected chi connectivity index (χ3v) is 7.38. The predicted molar refractivity (Wildman–Crippen MR) is 107 cm³/mol. The maximum absolute atomic E-state index is 12.1. The Labute approximate surface area is 148 Å². The summed E-state index contributed by atoms with van der Waals surface area (Å²) in [5.74, 6) is 0. The van der Waals surface area contributed by atoms with Crippen molar-refractivity contribution in [3.8, 4) is 0 Å². The Balaban J connectivity index is 3.17. The molecule has 0 aromatic rings. The fourth-order valence-electron chi connectivity index (χ4n) is 3.34. The van der Waals surface area contributed by atoms with Gasteiger partial charge in [0, 0.05) is 0 Å². The summed E-state index contributed by atoms with van der Waals surface area (Å²) in [4.78, 5) is 0. The van der Waals surface area contributed by atoms with Crippen LogP contribution in [0.5, 0.6) is 0 Å². The van der Waals surface area contributed by atoms with Gasteiger partial charge in [-0.15, -0.1) is 0 Å². The molecule has 0 aliphatic rings. The van der Waals surface area contributed by atoms with Crippen LogP contribution in [0, 0.1) is 0 Å². The summed E-state index contributed by atoms with van der Waals surface area (Å²) in [6.45, 7) is 6.63. The lowest BCUT2D eigenvalue weighted by atomic mass is 10.0. The molecule has 0 aliphatic heterocycles. The van der Waals surface area contributed by atoms with E-state index in [0.717, 1.165) is 19.0 Å². The molecule has 0 amide bonds. The Hall–Kier alpha value is 0.100. The van der Waals surface area contributed by atoms with Crippen molar-refractivity contribution >= 4 is 7.80 Å². The van der Waals surface area contributed by atoms with Crippen molar-refractivity contribution in [3.05, 3.63) is 0 Å². The van der Waals surface area contributed by atoms with E-state index >= 15 is 0 Å². The van der Waals surface area contributed by atoms with E-state index in [0.29, 0.717) is 5.66 Å². The number of hydrogen-bond donors (Lipinski definition) is 0. The monoisotopic (exact) mass is 343 g/mol. The van der Waals surface area contributed by atoms with Gasteiger partial charge in [0.15, 0.2) is 5.66 Å². The lowest BCUT2D eigenvalue weighted by molar-refractivity contribution is 0.536. The zero-order valence-corrected chi connectivity index (χ0v) is 17.3. The van der Waals surface area contributed by atoms with Crippen molar-refractivity contribution in [2.24, 2.45) is 0 Å². The highest BCUT2D eigenvalue weighted by atomic mass is 31.1. The minimum Gasteiger partial charge on any atom is -0.0745 e. The Kier molecular flexibility index (Phi) is 18.5. The minimum atomic E-state index is -0.935. The van der Waals surface area contributed by atoms with E-state index in [9.17, 15) is 4.57 Å². The highest BCUT2D eigenvalue weighted by molar-refractivity contribution is 7.45. The van der Waals surface area contributed by atoms with E-state index < -0.39 is 7.80 Å². The average Bonchev–Trinajstić information content (AvgIpc) is 2.56. The first-order valence-electron chi connectivity index (χ1n) is 10.7. The first-order valence-corrected chi connectivity index (χ1v) is 12.2. The van der Waals surface area contributed by atoms with Crippen molar-refractivity contribution in [2.45, 2.75) is 129 Å². The summed E-state index contributed by atoms with van der Waals surface area (Å²) in [5.41, 5.74) is 0.479. The Morgan fingerprint density at radius 1 is 0.565 bits per heavy atom. The predicted octanol–water partition coefficient (Wildman–Crippen LogP) is 8.48. The third-order valence-electron chi connectivity index (χ3n) is 5.08. The molecule has 0 spiro atoms. The van der Waals surface area contributed by atoms with Gasteiger partial charge in [0.25, 0.3) is 0 Å². The van der Waals surface area contributed by atoms with E-state index in [1.165, 1.54) is 89.9 Å². The van der Waals surface area contributed by atoms with Crippen LogP contribution in [0.3, 0.4) is 0 Å². The summed E-state index contributed by atoms with van der Waals surface area (Å²) < 4.78 is 12.1. The van der Waals surface area contributed by atoms with Crippen molar-refractivity contribution in [1.29, 1.82) is 0 Å². The fourth-order valence-corrected chi connectivity index (χ4v) is 5.06. The molecule has 138 valence electrons. The van der Waals surface area contributed by atoms with Crippen molar-refractivity contribution in [1.82, 2.24) is 0 Å². The molecule has 23 heavy (non-hydrogen) atoms. The van der Waals surface area contributed by atoms with Gasteiger partial charge in [-0.25, -0.2) is 0 Å². The molecule has 0 N–H and O–H groups in total. The molecule has 0 bridgehead atoms. The van der Waals surface area contributed by atoms with Crippen LogP contribution < -0.4 is 0 Å². The summed E-state index contributed by atoms with van der Waals surface area (Å²) >= 11 is 0. The lowest BCUT2D eigenvalue weighted by Crippen LogP contribution is -1.99. The second-order valence-corrected chi connectivity index (χ2v) is 9.22. The third kappa shape index (κ3) is 15.4. The van der Waals surface area contributed by atoms with Gasteiger partial charge in [0.1, 0.15) is 6.16 Å². The van der Waals surface area contributed by atoms with Crippen LogP contribution in [-0.2, 0) is 4.57 Å². The van der Waals surface area contributed by atoms with Crippen LogP contribution >= 0.6 is 7.80 Å². The molecule has 0 aromatic heterocycles. The molecular weight excluding hydrogens is 299 g/mol. The van der Waals surface area contributed by atoms with Gasteiger partial charge in [0.2, 0.25) is 0 Å². The van der Waals surface area contributed by atoms with Crippen LogP contribution in [0.25, 0.3) is 0 Å². The standard InChI is InChI=1S/C21H44OP/c1-4-7-8-9-10-11-12-13-14-15-16-17-18-19-20-23(22)21(5-2)6-3/h21H,4-20H2,1-3H3/q+1. The first-order chi connectivity index (χ1) is 11.3. The van der Waals surface area contributed by atoms with Gasteiger partial charge in [0.05, 0.1) is 0 Å². The fraction of sp³-hybridized carbons (Fsp3) is 1.00. The Morgan fingerprint density at radius 2 is 0.913 bits per heavy atom. The smallest absolute Gasteiger partial charge is 0.0745 e. The first kappa shape index (κ1) is 23.1. The van der Waals surface area contributed by atoms with E-state index in [-0.39, 0.29) is 0 Å². The number of unbranched alkanes of at least 4 members (excludes halogenated alkanes) is 13. The maximum Gasteiger partial charge on any atom is 0.341 e. The van der Waals surface area contributed by atoms with E-state index in [1.807, 2.05) is 0 Å². The van der Waals surface area contributed by atoms with Crippen LogP contribution in [0.1, 0.15) is 124 Å². The molecule has 1 unspecified atom stereocenters. The van der Waals surface area contributed by atoms with Crippen molar-refractivity contribution < 1.29 is 4.57 Å². The maximum atomic E-state index is 12.1. The summed E-state index contributed by atoms with van der Waals surface area (Å²) in [5, 5.41) is 0. The van der Waals surface area contributed by atoms with Gasteiger partial charge in [-0.05, 0) is 25.7 Å². The van der Waals surface area contributed by atoms with Gasteiger partial charge in [-0.3, -0.25) is 0 Å². The molecule has 2 heteroatoms. The van der Waals surface area contributed by atoms with Crippen molar-refractivity contribution in [3.63, 3.8) is 0 Å². The molecule has 0 aliphatic carbocycles. The van der Waals surface area contributed by atoms with Crippen LogP contribution in [0.2, 0.25) is 0 Å². The number of hydrogen-bond acceptors (Lipinski definition) is 1. The molecule has 1 nitrogen and oxygen atoms in total. The molecule has 1 atom stereocenters. The van der Waals surface area contributed by atoms with E-state index in [4.69, 9.17) is 0 Å². The summed E-state index contributed by atoms with van der Waals surface area (Å²) in [6, 6.07) is 0. The van der Waals surface area contributed by atoms with Crippen LogP contribution in [0.4, 0.5) is 0 Å². The zero-order valence-electron chi connectivity index (χ0n) is 16.5. The summed E-state index contributed by atoms with van der Waals surface area (Å²) in [7, 11) is -0.935. The largest absolute Gasteiger partial charge is 0.341 e. The van der Waals surface area contributed by atoms with Gasteiger partial charge < -0.3 is 0 Å². The van der Waals surface area contributed by atoms with Crippen LogP contribution in [-0.4, -0.2) is 11.8 Å². The molecule has 0 aromatic carbocycles. The van der Waals surface area contributed by atoms with Crippen LogP contribution in [0.15, 0.2) is 0 Å². The normalized spacial score (nSPS) is 12.1. The molecule has 0 radical (unpaired) electrons. The minimum absolute atomic E-state index is 0.479. The molecule has 0 rings (SSSR count). The highest BCUT2D eigenvalue weighted by Crippen LogP contribution is 2.33. The summed E-state index contributed by atoms with van der Waals surface area (Å²) in [6.07, 6.45) is 22.7. The van der Waals surface area contributed by atoms with E-state index in [2.05, 4.69) is 20.8 Å². The van der Waals surface area contributed by atoms with E-state index in [1.54, 1.807) is 0 Å². The highest BCUT2D eigenvalue weighted by Gasteiger charge is 2.25. The number of rotatable bonds is 18. The lowest BCUT2D eigenvalue weighted by Gasteiger charge is -2.03. The van der Waals surface area contributed by atoms with Gasteiger partial charge >= 0.3 is 7.80 Å². The molecule has 0 saturated carbocycles. The topological polar surface area (TPSA) is 17.1 Å².